The van der Waals surface area contributed by atoms with Crippen molar-refractivity contribution >= 4 is 24.1 Å². The Morgan fingerprint density at radius 3 is 2.19 bits per heavy atom. The molecule has 1 fully saturated rings. The SMILES string of the molecule is CC(C)(C)[Si](C)(C)OC1CCC(c2ccccc2[N+](=O)[O-])(S(=O)(=O)O)CC1. The summed E-state index contributed by atoms with van der Waals surface area (Å²) in [7, 11) is -6.55. The lowest BCUT2D eigenvalue weighted by molar-refractivity contribution is -0.386. The average Bonchev–Trinajstić information content (AvgIpc) is 2.53. The van der Waals surface area contributed by atoms with Crippen LogP contribution in [0.25, 0.3) is 0 Å². The van der Waals surface area contributed by atoms with Crippen LogP contribution in [-0.4, -0.2) is 32.3 Å². The van der Waals surface area contributed by atoms with E-state index in [1.807, 2.05) is 0 Å². The summed E-state index contributed by atoms with van der Waals surface area (Å²) in [6.45, 7) is 10.7. The third-order valence-corrected chi connectivity index (χ3v) is 12.2. The summed E-state index contributed by atoms with van der Waals surface area (Å²) in [6, 6.07) is 5.76. The molecule has 0 saturated heterocycles. The Bertz CT molecular complexity index is 807. The second-order valence-corrected chi connectivity index (χ2v) is 15.3. The first kappa shape index (κ1) is 22.0. The van der Waals surface area contributed by atoms with E-state index >= 15 is 0 Å². The quantitative estimate of drug-likeness (QED) is 0.325. The highest BCUT2D eigenvalue weighted by Crippen LogP contribution is 2.48. The fraction of sp³-hybridized carbons (Fsp3) is 0.667. The second-order valence-electron chi connectivity index (χ2n) is 8.82. The number of benzene rings is 1. The third-order valence-electron chi connectivity index (χ3n) is 6.09. The molecule has 1 saturated carbocycles. The monoisotopic (exact) mass is 415 g/mol. The summed E-state index contributed by atoms with van der Waals surface area (Å²) in [5, 5.41) is 11.4. The number of hydrogen-bond acceptors (Lipinski definition) is 5. The van der Waals surface area contributed by atoms with Crippen LogP contribution in [0.4, 0.5) is 5.69 Å². The summed E-state index contributed by atoms with van der Waals surface area (Å²) >= 11 is 0. The first-order chi connectivity index (χ1) is 12.2. The van der Waals surface area contributed by atoms with Gasteiger partial charge in [-0.3, -0.25) is 14.7 Å². The van der Waals surface area contributed by atoms with Gasteiger partial charge in [-0.2, -0.15) is 8.42 Å². The van der Waals surface area contributed by atoms with Gasteiger partial charge in [0.1, 0.15) is 4.75 Å². The van der Waals surface area contributed by atoms with E-state index in [9.17, 15) is 23.1 Å². The van der Waals surface area contributed by atoms with Gasteiger partial charge in [-0.15, -0.1) is 0 Å². The summed E-state index contributed by atoms with van der Waals surface area (Å²) in [6.07, 6.45) is 0.936. The molecule has 0 radical (unpaired) electrons. The molecule has 1 aliphatic carbocycles. The molecule has 1 aliphatic rings. The number of nitro benzene ring substituents is 1. The molecule has 0 amide bonds. The Morgan fingerprint density at radius 1 is 1.22 bits per heavy atom. The topological polar surface area (TPSA) is 107 Å². The molecular weight excluding hydrogens is 386 g/mol. The number of hydrogen-bond donors (Lipinski definition) is 1. The van der Waals surface area contributed by atoms with E-state index in [0.29, 0.717) is 12.8 Å². The van der Waals surface area contributed by atoms with Crippen LogP contribution >= 0.6 is 0 Å². The van der Waals surface area contributed by atoms with Gasteiger partial charge in [0.15, 0.2) is 8.32 Å². The Balaban J connectivity index is 2.35. The molecule has 0 bridgehead atoms. The summed E-state index contributed by atoms with van der Waals surface area (Å²) in [5.41, 5.74) is -0.220. The van der Waals surface area contributed by atoms with Crippen LogP contribution in [0.15, 0.2) is 24.3 Å². The van der Waals surface area contributed by atoms with Crippen molar-refractivity contribution in [1.82, 2.24) is 0 Å². The molecule has 2 rings (SSSR count). The lowest BCUT2D eigenvalue weighted by Crippen LogP contribution is -2.47. The maximum Gasteiger partial charge on any atom is 0.275 e. The van der Waals surface area contributed by atoms with E-state index in [2.05, 4.69) is 33.9 Å². The largest absolute Gasteiger partial charge is 0.414 e. The fourth-order valence-corrected chi connectivity index (χ4v) is 6.08. The molecule has 1 aromatic rings. The van der Waals surface area contributed by atoms with Crippen LogP contribution in [0.2, 0.25) is 18.1 Å². The van der Waals surface area contributed by atoms with Crippen LogP contribution in [0.1, 0.15) is 52.0 Å². The molecule has 27 heavy (non-hydrogen) atoms. The lowest BCUT2D eigenvalue weighted by Gasteiger charge is -2.43. The highest BCUT2D eigenvalue weighted by atomic mass is 32.2. The highest BCUT2D eigenvalue weighted by molar-refractivity contribution is 7.86. The Kier molecular flexibility index (Phi) is 5.92. The molecule has 0 aromatic heterocycles. The summed E-state index contributed by atoms with van der Waals surface area (Å²) < 4.78 is 39.4. The molecule has 0 spiro atoms. The van der Waals surface area contributed by atoms with Gasteiger partial charge in [0.05, 0.1) is 10.5 Å². The van der Waals surface area contributed by atoms with Gasteiger partial charge in [0, 0.05) is 12.2 Å². The van der Waals surface area contributed by atoms with Crippen molar-refractivity contribution in [2.45, 2.75) is 75.4 Å². The molecule has 0 atom stereocenters. The Morgan fingerprint density at radius 2 is 1.74 bits per heavy atom. The number of nitro groups is 1. The van der Waals surface area contributed by atoms with Crippen molar-refractivity contribution in [3.8, 4) is 0 Å². The molecule has 1 N–H and O–H groups in total. The highest BCUT2D eigenvalue weighted by Gasteiger charge is 2.51. The predicted molar refractivity (Wildman–Crippen MR) is 107 cm³/mol. The standard InChI is InChI=1S/C18H29NO6SSi/c1-17(2,3)27(4,5)25-14-10-12-18(13-11-14,26(22,23)24)15-8-6-7-9-16(15)19(20)21/h6-9,14H,10-13H2,1-5H3,(H,22,23,24). The van der Waals surface area contributed by atoms with E-state index in [4.69, 9.17) is 4.43 Å². The maximum absolute atomic E-state index is 12.3. The van der Waals surface area contributed by atoms with Gasteiger partial charge in [-0.05, 0) is 43.8 Å². The van der Waals surface area contributed by atoms with Crippen molar-refractivity contribution in [1.29, 1.82) is 0 Å². The van der Waals surface area contributed by atoms with Crippen LogP contribution < -0.4 is 0 Å². The van der Waals surface area contributed by atoms with Crippen molar-refractivity contribution in [2.75, 3.05) is 0 Å². The van der Waals surface area contributed by atoms with E-state index in [1.54, 1.807) is 6.07 Å². The zero-order valence-electron chi connectivity index (χ0n) is 16.6. The molecule has 0 unspecified atom stereocenters. The van der Waals surface area contributed by atoms with Gasteiger partial charge in [0.2, 0.25) is 0 Å². The van der Waals surface area contributed by atoms with Crippen LogP contribution in [-0.2, 0) is 19.3 Å². The van der Waals surface area contributed by atoms with Crippen LogP contribution in [0.5, 0.6) is 0 Å². The van der Waals surface area contributed by atoms with Gasteiger partial charge < -0.3 is 4.43 Å². The average molecular weight is 416 g/mol. The number of nitrogens with zero attached hydrogens (tertiary/aromatic N) is 1. The second kappa shape index (κ2) is 7.27. The van der Waals surface area contributed by atoms with Crippen LogP contribution in [0.3, 0.4) is 0 Å². The van der Waals surface area contributed by atoms with Crippen molar-refractivity contribution in [2.24, 2.45) is 0 Å². The van der Waals surface area contributed by atoms with E-state index < -0.39 is 28.1 Å². The maximum atomic E-state index is 12.3. The minimum absolute atomic E-state index is 0.0306. The first-order valence-electron chi connectivity index (χ1n) is 9.10. The predicted octanol–water partition coefficient (Wildman–Crippen LogP) is 4.64. The molecule has 7 nitrogen and oxygen atoms in total. The molecule has 152 valence electrons. The number of rotatable bonds is 5. The third kappa shape index (κ3) is 4.26. The minimum Gasteiger partial charge on any atom is -0.414 e. The van der Waals surface area contributed by atoms with Gasteiger partial charge in [-0.25, -0.2) is 0 Å². The Hall–Kier alpha value is -1.29. The van der Waals surface area contributed by atoms with Crippen molar-refractivity contribution < 1.29 is 22.3 Å². The molecule has 0 aliphatic heterocycles. The van der Waals surface area contributed by atoms with E-state index in [0.717, 1.165) is 0 Å². The lowest BCUT2D eigenvalue weighted by atomic mass is 9.81. The van der Waals surface area contributed by atoms with E-state index in [-0.39, 0.29) is 35.2 Å². The molecule has 9 heteroatoms. The van der Waals surface area contributed by atoms with Crippen molar-refractivity contribution in [3.63, 3.8) is 0 Å². The smallest absolute Gasteiger partial charge is 0.275 e. The fourth-order valence-electron chi connectivity index (χ4n) is 3.45. The summed E-state index contributed by atoms with van der Waals surface area (Å²) in [5.74, 6) is 0. The molecular formula is C18H29NO6SSi. The first-order valence-corrected chi connectivity index (χ1v) is 13.4. The summed E-state index contributed by atoms with van der Waals surface area (Å²) in [4.78, 5) is 10.8. The van der Waals surface area contributed by atoms with E-state index in [1.165, 1.54) is 18.2 Å². The van der Waals surface area contributed by atoms with Gasteiger partial charge >= 0.3 is 0 Å². The normalized spacial score (nSPS) is 24.6. The molecule has 1 aromatic carbocycles. The Labute approximate surface area is 162 Å². The van der Waals surface area contributed by atoms with Gasteiger partial charge in [0.25, 0.3) is 15.8 Å². The zero-order valence-corrected chi connectivity index (χ0v) is 18.4. The number of para-hydroxylation sites is 1. The van der Waals surface area contributed by atoms with Crippen molar-refractivity contribution in [3.05, 3.63) is 39.9 Å². The van der Waals surface area contributed by atoms with Gasteiger partial charge in [-0.1, -0.05) is 39.0 Å². The minimum atomic E-state index is -4.54. The zero-order chi connectivity index (χ0) is 20.7. The molecule has 0 heterocycles. The van der Waals surface area contributed by atoms with Crippen LogP contribution in [0, 0.1) is 10.1 Å².